The number of fused-ring (bicyclic) bond motifs is 2. The third kappa shape index (κ3) is 2.38. The number of hydrogen-bond acceptors (Lipinski definition) is 2. The zero-order valence-electron chi connectivity index (χ0n) is 13.9. The van der Waals surface area contributed by atoms with Crippen LogP contribution in [0.1, 0.15) is 22.3 Å². The van der Waals surface area contributed by atoms with E-state index in [1.54, 1.807) is 0 Å². The molecule has 2 heteroatoms. The van der Waals surface area contributed by atoms with E-state index >= 15 is 0 Å². The Morgan fingerprint density at radius 2 is 1.48 bits per heavy atom. The van der Waals surface area contributed by atoms with Crippen LogP contribution in [0.15, 0.2) is 83.9 Å². The fourth-order valence-electron chi connectivity index (χ4n) is 3.72. The van der Waals surface area contributed by atoms with Crippen LogP contribution >= 0.6 is 0 Å². The maximum atomic E-state index is 5.04. The van der Waals surface area contributed by atoms with E-state index in [0.717, 1.165) is 24.5 Å². The van der Waals surface area contributed by atoms with Gasteiger partial charge in [-0.2, -0.15) is 0 Å². The second-order valence-corrected chi connectivity index (χ2v) is 6.45. The molecular formula is C23H18N2. The minimum Gasteiger partial charge on any atom is -0.325 e. The molecule has 2 nitrogen and oxygen atoms in total. The second kappa shape index (κ2) is 5.75. The monoisotopic (exact) mass is 322 g/mol. The third-order valence-electron chi connectivity index (χ3n) is 4.92. The molecule has 0 aliphatic carbocycles. The number of rotatable bonds is 1. The van der Waals surface area contributed by atoms with Crippen LogP contribution in [0, 0.1) is 0 Å². The van der Waals surface area contributed by atoms with Crippen LogP contribution in [0.5, 0.6) is 0 Å². The Morgan fingerprint density at radius 1 is 0.760 bits per heavy atom. The Bertz CT molecular complexity index is 999. The van der Waals surface area contributed by atoms with Crippen LogP contribution in [0.3, 0.4) is 0 Å². The first-order valence-electron chi connectivity index (χ1n) is 8.71. The SMILES string of the molecule is C(=C1/N=C(N2CCc3ccccc32)c2ccccc21)/c1ccccc1. The minimum atomic E-state index is 0.991. The van der Waals surface area contributed by atoms with E-state index in [0.29, 0.717) is 0 Å². The third-order valence-corrected chi connectivity index (χ3v) is 4.92. The molecule has 0 spiro atoms. The highest BCUT2D eigenvalue weighted by Gasteiger charge is 2.29. The van der Waals surface area contributed by atoms with Crippen molar-refractivity contribution >= 4 is 23.3 Å². The molecule has 0 aromatic heterocycles. The lowest BCUT2D eigenvalue weighted by molar-refractivity contribution is 1.02. The summed E-state index contributed by atoms with van der Waals surface area (Å²) < 4.78 is 0. The van der Waals surface area contributed by atoms with Gasteiger partial charge in [-0.05, 0) is 29.7 Å². The van der Waals surface area contributed by atoms with Crippen LogP contribution < -0.4 is 4.90 Å². The first kappa shape index (κ1) is 14.2. The molecule has 0 atom stereocenters. The molecule has 0 fully saturated rings. The largest absolute Gasteiger partial charge is 0.325 e. The van der Waals surface area contributed by atoms with Crippen molar-refractivity contribution in [3.8, 4) is 0 Å². The molecule has 0 radical (unpaired) electrons. The van der Waals surface area contributed by atoms with Gasteiger partial charge in [-0.3, -0.25) is 0 Å². The smallest absolute Gasteiger partial charge is 0.141 e. The van der Waals surface area contributed by atoms with Crippen molar-refractivity contribution in [1.82, 2.24) is 0 Å². The fraction of sp³-hybridized carbons (Fsp3) is 0.0870. The van der Waals surface area contributed by atoms with Gasteiger partial charge in [0.2, 0.25) is 0 Å². The summed E-state index contributed by atoms with van der Waals surface area (Å²) in [6, 6.07) is 27.6. The highest BCUT2D eigenvalue weighted by molar-refractivity contribution is 6.19. The molecule has 0 unspecified atom stereocenters. The van der Waals surface area contributed by atoms with Crippen molar-refractivity contribution in [2.45, 2.75) is 6.42 Å². The predicted molar refractivity (Wildman–Crippen MR) is 105 cm³/mol. The van der Waals surface area contributed by atoms with Crippen molar-refractivity contribution in [2.24, 2.45) is 4.99 Å². The molecule has 0 saturated carbocycles. The predicted octanol–water partition coefficient (Wildman–Crippen LogP) is 5.01. The summed E-state index contributed by atoms with van der Waals surface area (Å²) in [7, 11) is 0. The fourth-order valence-corrected chi connectivity index (χ4v) is 3.72. The van der Waals surface area contributed by atoms with Gasteiger partial charge in [0.1, 0.15) is 5.84 Å². The van der Waals surface area contributed by atoms with Crippen LogP contribution in [-0.4, -0.2) is 12.4 Å². The molecule has 2 aliphatic heterocycles. The maximum Gasteiger partial charge on any atom is 0.141 e. The van der Waals surface area contributed by atoms with Gasteiger partial charge >= 0.3 is 0 Å². The van der Waals surface area contributed by atoms with Crippen molar-refractivity contribution < 1.29 is 0 Å². The van der Waals surface area contributed by atoms with Gasteiger partial charge in [0.15, 0.2) is 0 Å². The van der Waals surface area contributed by atoms with Gasteiger partial charge in [-0.1, -0.05) is 72.8 Å². The number of hydrogen-bond donors (Lipinski definition) is 0. The van der Waals surface area contributed by atoms with Crippen molar-refractivity contribution in [2.75, 3.05) is 11.4 Å². The van der Waals surface area contributed by atoms with Crippen molar-refractivity contribution in [1.29, 1.82) is 0 Å². The highest BCUT2D eigenvalue weighted by Crippen LogP contribution is 2.36. The first-order valence-corrected chi connectivity index (χ1v) is 8.71. The highest BCUT2D eigenvalue weighted by atomic mass is 15.2. The lowest BCUT2D eigenvalue weighted by Crippen LogP contribution is -2.28. The van der Waals surface area contributed by atoms with Gasteiger partial charge in [-0.25, -0.2) is 4.99 Å². The lowest BCUT2D eigenvalue weighted by atomic mass is 10.0. The van der Waals surface area contributed by atoms with E-state index in [1.165, 1.54) is 27.9 Å². The molecule has 3 aromatic carbocycles. The number of amidine groups is 1. The van der Waals surface area contributed by atoms with E-state index in [2.05, 4.69) is 83.8 Å². The van der Waals surface area contributed by atoms with Crippen molar-refractivity contribution in [3.63, 3.8) is 0 Å². The Kier molecular flexibility index (Phi) is 3.27. The average molecular weight is 322 g/mol. The van der Waals surface area contributed by atoms with Gasteiger partial charge in [0, 0.05) is 23.4 Å². The number of anilines is 1. The molecule has 0 N–H and O–H groups in total. The number of para-hydroxylation sites is 1. The van der Waals surface area contributed by atoms with Gasteiger partial charge in [-0.15, -0.1) is 0 Å². The molecule has 25 heavy (non-hydrogen) atoms. The first-order chi connectivity index (χ1) is 12.4. The summed E-state index contributed by atoms with van der Waals surface area (Å²) in [4.78, 5) is 7.40. The van der Waals surface area contributed by atoms with Gasteiger partial charge < -0.3 is 4.90 Å². The van der Waals surface area contributed by atoms with E-state index in [1.807, 2.05) is 6.07 Å². The Balaban J connectivity index is 1.63. The molecule has 0 bridgehead atoms. The minimum absolute atomic E-state index is 0.991. The molecule has 0 amide bonds. The van der Waals surface area contributed by atoms with Crippen LogP contribution in [0.2, 0.25) is 0 Å². The zero-order chi connectivity index (χ0) is 16.6. The maximum absolute atomic E-state index is 5.04. The quantitative estimate of drug-likeness (QED) is 0.615. The molecule has 2 aliphatic rings. The average Bonchev–Trinajstić information content (AvgIpc) is 3.24. The van der Waals surface area contributed by atoms with E-state index in [-0.39, 0.29) is 0 Å². The van der Waals surface area contributed by atoms with Gasteiger partial charge in [0.25, 0.3) is 0 Å². The molecule has 120 valence electrons. The molecular weight excluding hydrogens is 304 g/mol. The standard InChI is InChI=1S/C23H18N2/c1-2-8-17(9-3-1)16-21-19-11-5-6-12-20(19)23(24-21)25-15-14-18-10-4-7-13-22(18)25/h1-13,16H,14-15H2/b21-16-. The van der Waals surface area contributed by atoms with E-state index < -0.39 is 0 Å². The van der Waals surface area contributed by atoms with E-state index in [9.17, 15) is 0 Å². The second-order valence-electron chi connectivity index (χ2n) is 6.45. The zero-order valence-corrected chi connectivity index (χ0v) is 13.9. The Morgan fingerprint density at radius 3 is 2.36 bits per heavy atom. The summed E-state index contributed by atoms with van der Waals surface area (Å²) in [5.74, 6) is 1.07. The molecule has 3 aromatic rings. The summed E-state index contributed by atoms with van der Waals surface area (Å²) in [5.41, 5.74) is 7.35. The summed E-state index contributed by atoms with van der Waals surface area (Å²) in [6.45, 7) is 0.991. The van der Waals surface area contributed by atoms with Gasteiger partial charge in [0.05, 0.1) is 5.70 Å². The number of nitrogens with zero attached hydrogens (tertiary/aromatic N) is 2. The van der Waals surface area contributed by atoms with Crippen LogP contribution in [-0.2, 0) is 6.42 Å². The number of aliphatic imine (C=N–C) groups is 1. The molecule has 2 heterocycles. The normalized spacial score (nSPS) is 16.7. The van der Waals surface area contributed by atoms with Crippen LogP contribution in [0.25, 0.3) is 11.8 Å². The Hall–Kier alpha value is -3.13. The Labute approximate surface area is 147 Å². The summed E-state index contributed by atoms with van der Waals surface area (Å²) >= 11 is 0. The van der Waals surface area contributed by atoms with Crippen LogP contribution in [0.4, 0.5) is 5.69 Å². The number of benzene rings is 3. The van der Waals surface area contributed by atoms with E-state index in [4.69, 9.17) is 4.99 Å². The summed E-state index contributed by atoms with van der Waals surface area (Å²) in [6.07, 6.45) is 3.25. The molecule has 0 saturated heterocycles. The topological polar surface area (TPSA) is 15.6 Å². The lowest BCUT2D eigenvalue weighted by Gasteiger charge is -2.19. The van der Waals surface area contributed by atoms with Crippen molar-refractivity contribution in [3.05, 3.63) is 101 Å². The molecule has 5 rings (SSSR count). The summed E-state index contributed by atoms with van der Waals surface area (Å²) in [5, 5.41) is 0.